The van der Waals surface area contributed by atoms with Crippen LogP contribution in [-0.2, 0) is 19.1 Å². The van der Waals surface area contributed by atoms with Gasteiger partial charge in [0.15, 0.2) is 0 Å². The number of hydrogen-bond donors (Lipinski definition) is 0. The topological polar surface area (TPSA) is 112 Å². The standard InChI is InChI=1S/C34H41NO7/c1-26(2)33(37)41-23-11-9-7-5-4-6-8-10-22-39-30-17-15-29(16-18-30)34(38)42-31-19-13-28(25-27(31)3)14-20-32(36)40-24-12-21-35/h13-20,25H,1,4-12,22-24H2,2-3H3/b20-14+. The first-order valence-electron chi connectivity index (χ1n) is 14.4. The number of esters is 3. The Bertz CT molecular complexity index is 1240. The number of hydrogen-bond acceptors (Lipinski definition) is 8. The van der Waals surface area contributed by atoms with Crippen LogP contribution in [0, 0.1) is 18.3 Å². The maximum absolute atomic E-state index is 12.6. The van der Waals surface area contributed by atoms with Gasteiger partial charge in [-0.2, -0.15) is 5.26 Å². The highest BCUT2D eigenvalue weighted by molar-refractivity contribution is 5.91. The molecule has 2 aromatic rings. The summed E-state index contributed by atoms with van der Waals surface area (Å²) in [7, 11) is 0. The van der Waals surface area contributed by atoms with E-state index >= 15 is 0 Å². The van der Waals surface area contributed by atoms with Crippen LogP contribution in [0.3, 0.4) is 0 Å². The second kappa shape index (κ2) is 19.7. The van der Waals surface area contributed by atoms with Gasteiger partial charge in [-0.3, -0.25) is 0 Å². The zero-order valence-electron chi connectivity index (χ0n) is 24.7. The predicted molar refractivity (Wildman–Crippen MR) is 161 cm³/mol. The van der Waals surface area contributed by atoms with Crippen molar-refractivity contribution >= 4 is 24.0 Å². The Kier molecular flexibility index (Phi) is 15.8. The van der Waals surface area contributed by atoms with Gasteiger partial charge < -0.3 is 18.9 Å². The van der Waals surface area contributed by atoms with Crippen molar-refractivity contribution in [3.63, 3.8) is 0 Å². The number of ether oxygens (including phenoxy) is 4. The van der Waals surface area contributed by atoms with Crippen molar-refractivity contribution in [3.8, 4) is 17.6 Å². The van der Waals surface area contributed by atoms with E-state index < -0.39 is 11.9 Å². The quantitative estimate of drug-likeness (QED) is 0.0742. The Morgan fingerprint density at radius 3 is 2.12 bits per heavy atom. The zero-order chi connectivity index (χ0) is 30.6. The van der Waals surface area contributed by atoms with E-state index in [2.05, 4.69) is 6.58 Å². The number of carbonyl (C=O) groups is 3. The summed E-state index contributed by atoms with van der Waals surface area (Å²) < 4.78 is 21.4. The van der Waals surface area contributed by atoms with Gasteiger partial charge in [-0.1, -0.05) is 51.2 Å². The van der Waals surface area contributed by atoms with Gasteiger partial charge in [0.1, 0.15) is 18.1 Å². The van der Waals surface area contributed by atoms with Crippen LogP contribution in [0.25, 0.3) is 6.08 Å². The summed E-state index contributed by atoms with van der Waals surface area (Å²) in [5.74, 6) is -0.170. The lowest BCUT2D eigenvalue weighted by atomic mass is 10.1. The molecule has 8 nitrogen and oxygen atoms in total. The fraction of sp³-hybridized carbons (Fsp3) is 0.412. The molecule has 0 atom stereocenters. The lowest BCUT2D eigenvalue weighted by molar-refractivity contribution is -0.139. The Hall–Kier alpha value is -4.38. The highest BCUT2D eigenvalue weighted by Gasteiger charge is 2.11. The van der Waals surface area contributed by atoms with Crippen molar-refractivity contribution in [2.24, 2.45) is 0 Å². The van der Waals surface area contributed by atoms with Gasteiger partial charge in [0.05, 0.1) is 31.3 Å². The number of nitrogens with zero attached hydrogens (tertiary/aromatic N) is 1. The lowest BCUT2D eigenvalue weighted by Gasteiger charge is -2.09. The van der Waals surface area contributed by atoms with Gasteiger partial charge in [-0.05, 0) is 80.3 Å². The van der Waals surface area contributed by atoms with Crippen LogP contribution in [0.1, 0.15) is 86.2 Å². The minimum atomic E-state index is -0.522. The summed E-state index contributed by atoms with van der Waals surface area (Å²) in [4.78, 5) is 35.6. The molecule has 0 unspecified atom stereocenters. The van der Waals surface area contributed by atoms with E-state index in [0.717, 1.165) is 49.7 Å². The molecule has 0 saturated carbocycles. The van der Waals surface area contributed by atoms with E-state index in [9.17, 15) is 14.4 Å². The minimum Gasteiger partial charge on any atom is -0.494 e. The summed E-state index contributed by atoms with van der Waals surface area (Å²) >= 11 is 0. The van der Waals surface area contributed by atoms with Crippen molar-refractivity contribution in [3.05, 3.63) is 77.4 Å². The van der Waals surface area contributed by atoms with Crippen LogP contribution in [0.5, 0.6) is 11.5 Å². The van der Waals surface area contributed by atoms with Gasteiger partial charge >= 0.3 is 17.9 Å². The van der Waals surface area contributed by atoms with Crippen LogP contribution >= 0.6 is 0 Å². The monoisotopic (exact) mass is 575 g/mol. The summed E-state index contributed by atoms with van der Waals surface area (Å²) in [5.41, 5.74) is 2.35. The first kappa shape index (κ1) is 33.8. The third-order valence-corrected chi connectivity index (χ3v) is 6.25. The van der Waals surface area contributed by atoms with Crippen LogP contribution in [0.4, 0.5) is 0 Å². The molecule has 0 saturated heterocycles. The fourth-order valence-electron chi connectivity index (χ4n) is 3.89. The first-order chi connectivity index (χ1) is 20.3. The first-order valence-corrected chi connectivity index (χ1v) is 14.4. The van der Waals surface area contributed by atoms with Gasteiger partial charge in [0.25, 0.3) is 0 Å². The molecule has 0 amide bonds. The van der Waals surface area contributed by atoms with E-state index in [4.69, 9.17) is 24.2 Å². The molecule has 0 N–H and O–H groups in total. The third kappa shape index (κ3) is 13.8. The zero-order valence-corrected chi connectivity index (χ0v) is 24.7. The molecule has 0 heterocycles. The molecule has 2 aromatic carbocycles. The molecule has 0 aliphatic heterocycles. The molecule has 2 rings (SSSR count). The molecule has 0 aliphatic carbocycles. The molecule has 8 heteroatoms. The van der Waals surface area contributed by atoms with E-state index in [1.165, 1.54) is 18.9 Å². The Morgan fingerprint density at radius 1 is 0.857 bits per heavy atom. The molecule has 0 radical (unpaired) electrons. The molecule has 42 heavy (non-hydrogen) atoms. The summed E-state index contributed by atoms with van der Waals surface area (Å²) in [5, 5.41) is 8.49. The largest absolute Gasteiger partial charge is 0.494 e. The van der Waals surface area contributed by atoms with Gasteiger partial charge in [0.2, 0.25) is 0 Å². The van der Waals surface area contributed by atoms with Crippen molar-refractivity contribution < 1.29 is 33.3 Å². The van der Waals surface area contributed by atoms with Crippen LogP contribution in [0.15, 0.2) is 60.7 Å². The van der Waals surface area contributed by atoms with E-state index in [1.54, 1.807) is 55.5 Å². The van der Waals surface area contributed by atoms with Gasteiger partial charge in [-0.25, -0.2) is 14.4 Å². The highest BCUT2D eigenvalue weighted by atomic mass is 16.5. The van der Waals surface area contributed by atoms with E-state index in [0.29, 0.717) is 35.8 Å². The molecule has 0 aliphatic rings. The number of benzene rings is 2. The van der Waals surface area contributed by atoms with Crippen LogP contribution in [0.2, 0.25) is 0 Å². The second-order valence-electron chi connectivity index (χ2n) is 9.94. The second-order valence-corrected chi connectivity index (χ2v) is 9.94. The number of carbonyl (C=O) groups excluding carboxylic acids is 3. The summed E-state index contributed by atoms with van der Waals surface area (Å²) in [6, 6.07) is 14.0. The fourth-order valence-corrected chi connectivity index (χ4v) is 3.89. The summed E-state index contributed by atoms with van der Waals surface area (Å²) in [6.07, 6.45) is 11.7. The van der Waals surface area contributed by atoms with Crippen LogP contribution < -0.4 is 9.47 Å². The maximum atomic E-state index is 12.6. The molecule has 0 spiro atoms. The van der Waals surface area contributed by atoms with Crippen molar-refractivity contribution in [2.75, 3.05) is 19.8 Å². The predicted octanol–water partition coefficient (Wildman–Crippen LogP) is 7.30. The smallest absolute Gasteiger partial charge is 0.343 e. The Morgan fingerprint density at radius 2 is 1.50 bits per heavy atom. The number of unbranched alkanes of at least 4 members (excludes halogenated alkanes) is 7. The molecule has 0 aromatic heterocycles. The SMILES string of the molecule is C=C(C)C(=O)OCCCCCCCCCCOc1ccc(C(=O)Oc2ccc(/C=C/C(=O)OCCC#N)cc2C)cc1. The lowest BCUT2D eigenvalue weighted by Crippen LogP contribution is -2.09. The number of aryl methyl sites for hydroxylation is 1. The van der Waals surface area contributed by atoms with E-state index in [1.807, 2.05) is 13.0 Å². The van der Waals surface area contributed by atoms with Crippen molar-refractivity contribution in [1.29, 1.82) is 5.26 Å². The van der Waals surface area contributed by atoms with Crippen molar-refractivity contribution in [2.45, 2.75) is 71.6 Å². The summed E-state index contributed by atoms with van der Waals surface area (Å²) in [6.45, 7) is 8.18. The molecular formula is C34H41NO7. The normalized spacial score (nSPS) is 10.6. The average Bonchev–Trinajstić information content (AvgIpc) is 2.98. The number of nitriles is 1. The molecule has 224 valence electrons. The molecule has 0 bridgehead atoms. The molecular weight excluding hydrogens is 534 g/mol. The Balaban J connectivity index is 1.62. The van der Waals surface area contributed by atoms with E-state index in [-0.39, 0.29) is 19.0 Å². The minimum absolute atomic E-state index is 0.0582. The average molecular weight is 576 g/mol. The van der Waals surface area contributed by atoms with Gasteiger partial charge in [0, 0.05) is 11.6 Å². The Labute approximate surface area is 248 Å². The third-order valence-electron chi connectivity index (χ3n) is 6.25. The van der Waals surface area contributed by atoms with Crippen molar-refractivity contribution in [1.82, 2.24) is 0 Å². The maximum Gasteiger partial charge on any atom is 0.343 e. The molecule has 0 fully saturated rings. The highest BCUT2D eigenvalue weighted by Crippen LogP contribution is 2.22. The van der Waals surface area contributed by atoms with Gasteiger partial charge in [-0.15, -0.1) is 0 Å². The van der Waals surface area contributed by atoms with Crippen LogP contribution in [-0.4, -0.2) is 37.7 Å². The number of rotatable bonds is 19.